The summed E-state index contributed by atoms with van der Waals surface area (Å²) in [5.41, 5.74) is 0.761. The second-order valence-electron chi connectivity index (χ2n) is 5.78. The Morgan fingerprint density at radius 3 is 2.71 bits per heavy atom. The molecule has 1 N–H and O–H groups in total. The number of aromatic nitrogens is 2. The molecule has 21 heavy (non-hydrogen) atoms. The first-order valence-corrected chi connectivity index (χ1v) is 6.49. The van der Waals surface area contributed by atoms with Gasteiger partial charge >= 0.3 is 0 Å². The van der Waals surface area contributed by atoms with Crippen LogP contribution >= 0.6 is 0 Å². The van der Waals surface area contributed by atoms with Crippen molar-refractivity contribution < 1.29 is 9.31 Å². The van der Waals surface area contributed by atoms with Crippen LogP contribution < -0.4 is 5.32 Å². The normalized spacial score (nSPS) is 11.6. The number of hydrogen-bond donors (Lipinski definition) is 1. The van der Waals surface area contributed by atoms with E-state index < -0.39 is 10.7 Å². The maximum Gasteiger partial charge on any atom is 0.274 e. The van der Waals surface area contributed by atoms with Crippen molar-refractivity contribution in [2.75, 3.05) is 0 Å². The lowest BCUT2D eigenvalue weighted by Gasteiger charge is -2.19. The lowest BCUT2D eigenvalue weighted by Crippen LogP contribution is -2.35. The van der Waals surface area contributed by atoms with Gasteiger partial charge in [0.15, 0.2) is 0 Å². The molecule has 2 rings (SSSR count). The fourth-order valence-electron chi connectivity index (χ4n) is 1.75. The van der Waals surface area contributed by atoms with Crippen LogP contribution in [0.25, 0.3) is 5.69 Å². The minimum Gasteiger partial charge on any atom is -0.306 e. The van der Waals surface area contributed by atoms with Gasteiger partial charge in [0.2, 0.25) is 0 Å². The molecule has 0 spiro atoms. The van der Waals surface area contributed by atoms with Crippen molar-refractivity contribution in [3.63, 3.8) is 0 Å². The van der Waals surface area contributed by atoms with Gasteiger partial charge in [0, 0.05) is 30.4 Å². The second-order valence-corrected chi connectivity index (χ2v) is 5.78. The number of hydrogen-bond acceptors (Lipinski definition) is 4. The predicted octanol–water partition coefficient (Wildman–Crippen LogP) is 2.81. The molecule has 0 saturated heterocycles. The van der Waals surface area contributed by atoms with E-state index in [4.69, 9.17) is 0 Å². The van der Waals surface area contributed by atoms with Crippen molar-refractivity contribution in [3.05, 3.63) is 52.1 Å². The number of rotatable bonds is 4. The topological polar surface area (TPSA) is 73.0 Å². The first kappa shape index (κ1) is 15.1. The molecule has 0 saturated carbocycles. The van der Waals surface area contributed by atoms with Gasteiger partial charge in [-0.3, -0.25) is 10.1 Å². The zero-order valence-electron chi connectivity index (χ0n) is 12.1. The van der Waals surface area contributed by atoms with Crippen molar-refractivity contribution >= 4 is 5.69 Å². The molecular weight excluding hydrogens is 275 g/mol. The summed E-state index contributed by atoms with van der Waals surface area (Å²) in [7, 11) is 0. The van der Waals surface area contributed by atoms with Crippen LogP contribution in [0.3, 0.4) is 0 Å². The highest BCUT2D eigenvalue weighted by molar-refractivity contribution is 5.43. The van der Waals surface area contributed by atoms with Crippen LogP contribution in [0, 0.1) is 15.9 Å². The van der Waals surface area contributed by atoms with Gasteiger partial charge in [-0.1, -0.05) is 0 Å². The maximum absolute atomic E-state index is 13.4. The van der Waals surface area contributed by atoms with Crippen molar-refractivity contribution in [2.24, 2.45) is 0 Å². The molecule has 7 heteroatoms. The zero-order valence-corrected chi connectivity index (χ0v) is 12.1. The van der Waals surface area contributed by atoms with Crippen LogP contribution in [-0.2, 0) is 6.54 Å². The number of nitro benzene ring substituents is 1. The monoisotopic (exact) mass is 292 g/mol. The van der Waals surface area contributed by atoms with E-state index >= 15 is 0 Å². The Bertz CT molecular complexity index is 661. The highest BCUT2D eigenvalue weighted by Crippen LogP contribution is 2.19. The molecule has 1 aromatic carbocycles. The summed E-state index contributed by atoms with van der Waals surface area (Å²) in [5, 5.41) is 18.3. The third kappa shape index (κ3) is 4.09. The molecule has 1 aromatic heterocycles. The van der Waals surface area contributed by atoms with E-state index in [1.807, 2.05) is 20.8 Å². The molecular formula is C14H17FN4O2. The van der Waals surface area contributed by atoms with Crippen LogP contribution in [0.4, 0.5) is 10.1 Å². The van der Waals surface area contributed by atoms with Crippen molar-refractivity contribution in [2.45, 2.75) is 32.9 Å². The van der Waals surface area contributed by atoms with Gasteiger partial charge in [-0.2, -0.15) is 5.10 Å². The van der Waals surface area contributed by atoms with E-state index in [1.165, 1.54) is 16.8 Å². The minimum absolute atomic E-state index is 0.0403. The summed E-state index contributed by atoms with van der Waals surface area (Å²) < 4.78 is 14.9. The Labute approximate surface area is 121 Å². The van der Waals surface area contributed by atoms with Gasteiger partial charge in [-0.25, -0.2) is 9.07 Å². The number of benzene rings is 1. The Morgan fingerprint density at radius 2 is 2.10 bits per heavy atom. The Balaban J connectivity index is 2.23. The van der Waals surface area contributed by atoms with Crippen molar-refractivity contribution in [1.82, 2.24) is 15.1 Å². The highest BCUT2D eigenvalue weighted by Gasteiger charge is 2.13. The van der Waals surface area contributed by atoms with Gasteiger partial charge in [0.25, 0.3) is 5.69 Å². The quantitative estimate of drug-likeness (QED) is 0.694. The summed E-state index contributed by atoms with van der Waals surface area (Å²) >= 11 is 0. The first-order chi connectivity index (χ1) is 9.74. The largest absolute Gasteiger partial charge is 0.306 e. The average molecular weight is 292 g/mol. The predicted molar refractivity (Wildman–Crippen MR) is 76.8 cm³/mol. The fourth-order valence-corrected chi connectivity index (χ4v) is 1.75. The van der Waals surface area contributed by atoms with E-state index in [2.05, 4.69) is 10.4 Å². The van der Waals surface area contributed by atoms with Gasteiger partial charge in [-0.05, 0) is 26.8 Å². The summed E-state index contributed by atoms with van der Waals surface area (Å²) in [6.07, 6.45) is 1.65. The third-order valence-electron chi connectivity index (χ3n) is 2.79. The SMILES string of the molecule is CC(C)(C)NCc1ccn(-c2cc(F)cc([N+](=O)[O-])c2)n1. The maximum atomic E-state index is 13.4. The van der Waals surface area contributed by atoms with Gasteiger partial charge < -0.3 is 5.32 Å². The summed E-state index contributed by atoms with van der Waals surface area (Å²) in [5.74, 6) is -0.663. The summed E-state index contributed by atoms with van der Waals surface area (Å²) in [6, 6.07) is 5.17. The second kappa shape index (κ2) is 5.61. The van der Waals surface area contributed by atoms with Crippen LogP contribution in [-0.4, -0.2) is 20.2 Å². The lowest BCUT2D eigenvalue weighted by molar-refractivity contribution is -0.385. The highest BCUT2D eigenvalue weighted by atomic mass is 19.1. The number of non-ortho nitro benzene ring substituents is 1. The van der Waals surface area contributed by atoms with Crippen LogP contribution in [0.1, 0.15) is 26.5 Å². The summed E-state index contributed by atoms with van der Waals surface area (Å²) in [4.78, 5) is 10.1. The first-order valence-electron chi connectivity index (χ1n) is 6.49. The number of nitrogens with one attached hydrogen (secondary N) is 1. The van der Waals surface area contributed by atoms with Crippen LogP contribution in [0.5, 0.6) is 0 Å². The third-order valence-corrected chi connectivity index (χ3v) is 2.79. The van der Waals surface area contributed by atoms with E-state index in [0.717, 1.165) is 11.8 Å². The van der Waals surface area contributed by atoms with Crippen molar-refractivity contribution in [3.8, 4) is 5.69 Å². The number of halogens is 1. The molecule has 0 fully saturated rings. The Hall–Kier alpha value is -2.28. The Kier molecular flexibility index (Phi) is 4.04. The average Bonchev–Trinajstić information content (AvgIpc) is 2.83. The van der Waals surface area contributed by atoms with Gasteiger partial charge in [-0.15, -0.1) is 0 Å². The van der Waals surface area contributed by atoms with Gasteiger partial charge in [0.1, 0.15) is 5.82 Å². The molecule has 0 radical (unpaired) electrons. The lowest BCUT2D eigenvalue weighted by atomic mass is 10.1. The van der Waals surface area contributed by atoms with Crippen LogP contribution in [0.15, 0.2) is 30.5 Å². The molecule has 0 aliphatic heterocycles. The molecule has 2 aromatic rings. The van der Waals surface area contributed by atoms with Crippen molar-refractivity contribution in [1.29, 1.82) is 0 Å². The molecule has 1 heterocycles. The fraction of sp³-hybridized carbons (Fsp3) is 0.357. The number of nitrogens with zero attached hydrogens (tertiary/aromatic N) is 3. The molecule has 112 valence electrons. The van der Waals surface area contributed by atoms with E-state index in [-0.39, 0.29) is 11.2 Å². The molecule has 0 amide bonds. The van der Waals surface area contributed by atoms with Gasteiger partial charge in [0.05, 0.1) is 22.4 Å². The Morgan fingerprint density at radius 1 is 1.38 bits per heavy atom. The van der Waals surface area contributed by atoms with E-state index in [1.54, 1.807) is 12.3 Å². The smallest absolute Gasteiger partial charge is 0.274 e. The zero-order chi connectivity index (χ0) is 15.6. The minimum atomic E-state index is -0.663. The molecule has 0 bridgehead atoms. The van der Waals surface area contributed by atoms with E-state index in [0.29, 0.717) is 12.2 Å². The molecule has 6 nitrogen and oxygen atoms in total. The standard InChI is InChI=1S/C14H17FN4O2/c1-14(2,3)16-9-11-4-5-18(17-11)12-6-10(15)7-13(8-12)19(20)21/h4-8,16H,9H2,1-3H3. The molecule has 0 aliphatic carbocycles. The molecule has 0 aliphatic rings. The van der Waals surface area contributed by atoms with E-state index in [9.17, 15) is 14.5 Å². The number of nitro groups is 1. The van der Waals surface area contributed by atoms with Crippen LogP contribution in [0.2, 0.25) is 0 Å². The summed E-state index contributed by atoms with van der Waals surface area (Å²) in [6.45, 7) is 6.69. The molecule has 0 unspecified atom stereocenters. The molecule has 0 atom stereocenters.